The largest absolute Gasteiger partial charge is 0.389 e. The van der Waals surface area contributed by atoms with Crippen molar-refractivity contribution in [2.24, 2.45) is 5.92 Å². The van der Waals surface area contributed by atoms with Crippen LogP contribution in [0.1, 0.15) is 48.6 Å². The van der Waals surface area contributed by atoms with Gasteiger partial charge in [0.15, 0.2) is 0 Å². The van der Waals surface area contributed by atoms with Gasteiger partial charge in [-0.05, 0) is 43.6 Å². The summed E-state index contributed by atoms with van der Waals surface area (Å²) in [6.45, 7) is 4.75. The third-order valence-electron chi connectivity index (χ3n) is 5.00. The molecule has 0 unspecified atom stereocenters. The van der Waals surface area contributed by atoms with E-state index in [1.807, 2.05) is 0 Å². The molecule has 0 atom stereocenters. The van der Waals surface area contributed by atoms with Gasteiger partial charge in [-0.25, -0.2) is 0 Å². The summed E-state index contributed by atoms with van der Waals surface area (Å²) < 4.78 is 0. The van der Waals surface area contributed by atoms with Crippen LogP contribution in [0.15, 0.2) is 0 Å². The van der Waals surface area contributed by atoms with Gasteiger partial charge in [0.2, 0.25) is 0 Å². The number of rotatable bonds is 2. The fourth-order valence-electron chi connectivity index (χ4n) is 3.61. The number of nitrogen functional groups attached to an aromatic ring is 1. The monoisotopic (exact) mass is 305 g/mol. The number of fused-ring (bicyclic) bond motifs is 1. The van der Waals surface area contributed by atoms with Crippen molar-refractivity contribution < 1.29 is 5.11 Å². The predicted molar refractivity (Wildman–Crippen MR) is 85.0 cm³/mol. The second-order valence-electron chi connectivity index (χ2n) is 6.72. The first-order valence-electron chi connectivity index (χ1n) is 7.75. The van der Waals surface area contributed by atoms with Gasteiger partial charge >= 0.3 is 0 Å². The highest BCUT2D eigenvalue weighted by Crippen LogP contribution is 2.37. The maximum atomic E-state index is 10.8. The minimum atomic E-state index is -0.523. The lowest BCUT2D eigenvalue weighted by Gasteiger charge is -2.39. The molecule has 2 aliphatic rings. The van der Waals surface area contributed by atoms with E-state index < -0.39 is 5.60 Å². The highest BCUT2D eigenvalue weighted by molar-refractivity contribution is 7.16. The summed E-state index contributed by atoms with van der Waals surface area (Å²) in [5.41, 5.74) is 7.23. The van der Waals surface area contributed by atoms with Crippen molar-refractivity contribution in [3.8, 4) is 6.07 Å². The topological polar surface area (TPSA) is 73.3 Å². The van der Waals surface area contributed by atoms with Crippen LogP contribution in [-0.2, 0) is 13.0 Å². The van der Waals surface area contributed by atoms with Gasteiger partial charge in [-0.3, -0.25) is 4.90 Å². The Bertz CT molecular complexity index is 567. The van der Waals surface area contributed by atoms with Gasteiger partial charge in [0.25, 0.3) is 0 Å². The molecule has 1 aromatic rings. The zero-order chi connectivity index (χ0) is 15.0. The molecule has 3 N–H and O–H groups in total. The molecule has 0 saturated heterocycles. The van der Waals surface area contributed by atoms with E-state index >= 15 is 0 Å². The van der Waals surface area contributed by atoms with Crippen LogP contribution in [0, 0.1) is 17.2 Å². The zero-order valence-electron chi connectivity index (χ0n) is 12.6. The van der Waals surface area contributed by atoms with Crippen LogP contribution >= 0.6 is 11.3 Å². The van der Waals surface area contributed by atoms with Gasteiger partial charge in [-0.15, -0.1) is 11.3 Å². The Labute approximate surface area is 130 Å². The third-order valence-corrected chi connectivity index (χ3v) is 6.04. The van der Waals surface area contributed by atoms with E-state index in [0.29, 0.717) is 10.6 Å². The maximum absolute atomic E-state index is 10.8. The van der Waals surface area contributed by atoms with Crippen LogP contribution in [0.5, 0.6) is 0 Å². The molecule has 1 aliphatic heterocycles. The average molecular weight is 305 g/mol. The van der Waals surface area contributed by atoms with Gasteiger partial charge in [-0.2, -0.15) is 5.26 Å². The van der Waals surface area contributed by atoms with Crippen molar-refractivity contribution in [2.75, 3.05) is 18.8 Å². The predicted octanol–water partition coefficient (Wildman–Crippen LogP) is 2.50. The van der Waals surface area contributed by atoms with Gasteiger partial charge in [-0.1, -0.05) is 6.92 Å². The fourth-order valence-corrected chi connectivity index (χ4v) is 4.72. The summed E-state index contributed by atoms with van der Waals surface area (Å²) in [6, 6.07) is 2.23. The first kappa shape index (κ1) is 14.8. The van der Waals surface area contributed by atoms with Gasteiger partial charge in [0, 0.05) is 24.5 Å². The molecule has 0 spiro atoms. The third kappa shape index (κ3) is 2.94. The van der Waals surface area contributed by atoms with E-state index in [2.05, 4.69) is 17.9 Å². The summed E-state index contributed by atoms with van der Waals surface area (Å²) in [4.78, 5) is 3.54. The van der Waals surface area contributed by atoms with Crippen molar-refractivity contribution in [3.05, 3.63) is 16.0 Å². The number of nitrogens with zero attached hydrogens (tertiary/aromatic N) is 2. The quantitative estimate of drug-likeness (QED) is 0.880. The van der Waals surface area contributed by atoms with E-state index in [9.17, 15) is 10.4 Å². The Morgan fingerprint density at radius 1 is 1.48 bits per heavy atom. The number of aliphatic hydroxyl groups is 1. The van der Waals surface area contributed by atoms with Crippen molar-refractivity contribution in [2.45, 2.75) is 51.2 Å². The van der Waals surface area contributed by atoms with Crippen molar-refractivity contribution in [1.82, 2.24) is 4.90 Å². The first-order chi connectivity index (χ1) is 10.0. The van der Waals surface area contributed by atoms with Gasteiger partial charge in [0.05, 0.1) is 11.2 Å². The lowest BCUT2D eigenvalue weighted by molar-refractivity contribution is -0.0375. The summed E-state index contributed by atoms with van der Waals surface area (Å²) in [6.07, 6.45) is 4.94. The summed E-state index contributed by atoms with van der Waals surface area (Å²) in [7, 11) is 0. The molecule has 114 valence electrons. The number of thiophene rings is 1. The highest BCUT2D eigenvalue weighted by atomic mass is 32.1. The second kappa shape index (κ2) is 5.60. The number of nitrogens with two attached hydrogens (primary N) is 1. The van der Waals surface area contributed by atoms with E-state index in [-0.39, 0.29) is 0 Å². The maximum Gasteiger partial charge on any atom is 0.104 e. The van der Waals surface area contributed by atoms with Gasteiger partial charge < -0.3 is 10.8 Å². The van der Waals surface area contributed by atoms with Crippen LogP contribution in [0.2, 0.25) is 0 Å². The number of hydrogen-bond acceptors (Lipinski definition) is 5. The van der Waals surface area contributed by atoms with E-state index in [1.54, 1.807) is 0 Å². The molecular weight excluding hydrogens is 282 g/mol. The highest BCUT2D eigenvalue weighted by Gasteiger charge is 2.35. The molecule has 1 aliphatic carbocycles. The first-order valence-corrected chi connectivity index (χ1v) is 8.57. The number of nitriles is 1. The normalized spacial score (nSPS) is 29.9. The zero-order valence-corrected chi connectivity index (χ0v) is 13.4. The number of β-amino-alcohol motifs (C(OH)–C–C–N with tert-alkyl or cyclic N) is 1. The molecular formula is C16H23N3OS. The van der Waals surface area contributed by atoms with Crippen LogP contribution in [0.25, 0.3) is 0 Å². The molecule has 0 radical (unpaired) electrons. The second-order valence-corrected chi connectivity index (χ2v) is 7.86. The molecule has 1 aromatic heterocycles. The molecule has 0 amide bonds. The number of anilines is 1. The van der Waals surface area contributed by atoms with Gasteiger partial charge in [0.1, 0.15) is 11.1 Å². The lowest BCUT2D eigenvalue weighted by Crippen LogP contribution is -2.46. The Morgan fingerprint density at radius 2 is 2.19 bits per heavy atom. The minimum absolute atomic E-state index is 0.523. The Hall–Kier alpha value is -1.09. The van der Waals surface area contributed by atoms with Crippen molar-refractivity contribution in [1.29, 1.82) is 5.26 Å². The average Bonchev–Trinajstić information content (AvgIpc) is 2.77. The Kier molecular flexibility index (Phi) is 3.96. The van der Waals surface area contributed by atoms with Crippen LogP contribution < -0.4 is 5.73 Å². The molecule has 0 bridgehead atoms. The molecule has 21 heavy (non-hydrogen) atoms. The molecule has 5 heteroatoms. The standard InChI is InChI=1S/C16H23N3OS/c1-11-2-5-16(20,6-3-11)10-19-7-4-12-13(8-17)15(18)21-14(12)9-19/h11,20H,2-7,9-10,18H2,1H3. The van der Waals surface area contributed by atoms with E-state index in [0.717, 1.165) is 63.2 Å². The van der Waals surface area contributed by atoms with E-state index in [1.165, 1.54) is 16.2 Å². The SMILES string of the molecule is CC1CCC(O)(CN2CCc3c(sc(N)c3C#N)C2)CC1. The molecule has 1 saturated carbocycles. The minimum Gasteiger partial charge on any atom is -0.389 e. The Balaban J connectivity index is 1.68. The summed E-state index contributed by atoms with van der Waals surface area (Å²) >= 11 is 1.54. The molecule has 3 rings (SSSR count). The van der Waals surface area contributed by atoms with E-state index in [4.69, 9.17) is 5.73 Å². The fraction of sp³-hybridized carbons (Fsp3) is 0.688. The summed E-state index contributed by atoms with van der Waals surface area (Å²) in [5.74, 6) is 0.744. The molecule has 1 fully saturated rings. The molecule has 2 heterocycles. The lowest BCUT2D eigenvalue weighted by atomic mass is 9.79. The molecule has 0 aromatic carbocycles. The summed E-state index contributed by atoms with van der Waals surface area (Å²) in [5, 5.41) is 20.6. The van der Waals surface area contributed by atoms with Crippen LogP contribution in [0.3, 0.4) is 0 Å². The van der Waals surface area contributed by atoms with Crippen molar-refractivity contribution >= 4 is 16.3 Å². The number of hydrogen-bond donors (Lipinski definition) is 2. The molecule has 4 nitrogen and oxygen atoms in total. The van der Waals surface area contributed by atoms with Crippen LogP contribution in [-0.4, -0.2) is 28.7 Å². The van der Waals surface area contributed by atoms with Crippen LogP contribution in [0.4, 0.5) is 5.00 Å². The Morgan fingerprint density at radius 3 is 2.86 bits per heavy atom. The van der Waals surface area contributed by atoms with Crippen molar-refractivity contribution in [3.63, 3.8) is 0 Å². The smallest absolute Gasteiger partial charge is 0.104 e.